The van der Waals surface area contributed by atoms with Gasteiger partial charge in [0, 0.05) is 6.04 Å². The summed E-state index contributed by atoms with van der Waals surface area (Å²) in [6.45, 7) is 5.17. The Labute approximate surface area is 120 Å². The van der Waals surface area contributed by atoms with Crippen LogP contribution in [-0.2, 0) is 9.84 Å². The van der Waals surface area contributed by atoms with E-state index in [-0.39, 0.29) is 11.3 Å². The standard InChI is InChI=1S/C14H23NO2S2/c1-3-8-15-12-7-6-11(2)10-13(12)19(16,17)14-5-4-9-18-14/h4-5,9,11-13,15H,3,6-8,10H2,1-2H3. The zero-order chi connectivity index (χ0) is 13.9. The molecule has 3 nitrogen and oxygen atoms in total. The molecule has 0 aliphatic heterocycles. The van der Waals surface area contributed by atoms with Gasteiger partial charge in [0.1, 0.15) is 4.21 Å². The quantitative estimate of drug-likeness (QED) is 0.909. The summed E-state index contributed by atoms with van der Waals surface area (Å²) in [4.78, 5) is 0. The van der Waals surface area contributed by atoms with Crippen molar-refractivity contribution in [3.63, 3.8) is 0 Å². The van der Waals surface area contributed by atoms with E-state index in [0.29, 0.717) is 10.1 Å². The van der Waals surface area contributed by atoms with E-state index < -0.39 is 9.84 Å². The summed E-state index contributed by atoms with van der Waals surface area (Å²) in [6.07, 6.45) is 3.91. The minimum atomic E-state index is -3.18. The second-order valence-electron chi connectivity index (χ2n) is 5.49. The summed E-state index contributed by atoms with van der Waals surface area (Å²) >= 11 is 1.33. The number of hydrogen-bond acceptors (Lipinski definition) is 4. The first-order valence-corrected chi connectivity index (χ1v) is 9.49. The maximum atomic E-state index is 12.7. The monoisotopic (exact) mass is 301 g/mol. The van der Waals surface area contributed by atoms with Crippen molar-refractivity contribution in [2.24, 2.45) is 5.92 Å². The largest absolute Gasteiger partial charge is 0.313 e. The van der Waals surface area contributed by atoms with E-state index in [0.717, 1.165) is 32.2 Å². The third kappa shape index (κ3) is 3.38. The van der Waals surface area contributed by atoms with Crippen LogP contribution in [0.25, 0.3) is 0 Å². The second kappa shape index (κ2) is 6.37. The van der Waals surface area contributed by atoms with Crippen molar-refractivity contribution in [1.29, 1.82) is 0 Å². The molecular formula is C14H23NO2S2. The van der Waals surface area contributed by atoms with Crippen LogP contribution in [-0.4, -0.2) is 26.3 Å². The first kappa shape index (κ1) is 15.0. The molecule has 0 radical (unpaired) electrons. The summed E-state index contributed by atoms with van der Waals surface area (Å²) in [6, 6.07) is 3.66. The van der Waals surface area contributed by atoms with Gasteiger partial charge in [0.05, 0.1) is 5.25 Å². The molecule has 1 aliphatic rings. The van der Waals surface area contributed by atoms with Crippen LogP contribution in [0.4, 0.5) is 0 Å². The number of hydrogen-bond donors (Lipinski definition) is 1. The van der Waals surface area contributed by atoms with Crippen LogP contribution in [0.3, 0.4) is 0 Å². The van der Waals surface area contributed by atoms with Crippen molar-refractivity contribution >= 4 is 21.2 Å². The lowest BCUT2D eigenvalue weighted by Crippen LogP contribution is -2.47. The molecule has 1 aromatic rings. The van der Waals surface area contributed by atoms with Gasteiger partial charge in [-0.15, -0.1) is 11.3 Å². The number of thiophene rings is 1. The Bertz CT molecular complexity index is 480. The molecule has 1 aromatic heterocycles. The molecule has 0 saturated heterocycles. The average molecular weight is 301 g/mol. The van der Waals surface area contributed by atoms with Crippen molar-refractivity contribution in [1.82, 2.24) is 5.32 Å². The van der Waals surface area contributed by atoms with Crippen molar-refractivity contribution in [2.75, 3.05) is 6.54 Å². The highest BCUT2D eigenvalue weighted by atomic mass is 32.2. The van der Waals surface area contributed by atoms with Crippen LogP contribution in [0.5, 0.6) is 0 Å². The summed E-state index contributed by atoms with van der Waals surface area (Å²) in [5, 5.41) is 5.01. The Kier molecular flexibility index (Phi) is 5.03. The van der Waals surface area contributed by atoms with E-state index in [1.807, 2.05) is 11.4 Å². The van der Waals surface area contributed by atoms with E-state index in [2.05, 4.69) is 19.2 Å². The summed E-state index contributed by atoms with van der Waals surface area (Å²) in [5.74, 6) is 0.499. The Morgan fingerprint density at radius 1 is 1.42 bits per heavy atom. The molecule has 3 unspecified atom stereocenters. The first-order valence-electron chi connectivity index (χ1n) is 7.06. The average Bonchev–Trinajstić information content (AvgIpc) is 2.91. The highest BCUT2D eigenvalue weighted by Gasteiger charge is 2.38. The van der Waals surface area contributed by atoms with Gasteiger partial charge in [0.2, 0.25) is 0 Å². The second-order valence-corrected chi connectivity index (χ2v) is 8.84. The SMILES string of the molecule is CCCNC1CCC(C)CC1S(=O)(=O)c1cccs1. The fourth-order valence-electron chi connectivity index (χ4n) is 2.81. The lowest BCUT2D eigenvalue weighted by atomic mass is 9.87. The van der Waals surface area contributed by atoms with E-state index in [1.54, 1.807) is 6.07 Å². The van der Waals surface area contributed by atoms with Crippen LogP contribution in [0.2, 0.25) is 0 Å². The van der Waals surface area contributed by atoms with Gasteiger partial charge in [-0.2, -0.15) is 0 Å². The predicted octanol–water partition coefficient (Wildman–Crippen LogP) is 3.08. The summed E-state index contributed by atoms with van der Waals surface area (Å²) < 4.78 is 26.0. The first-order chi connectivity index (χ1) is 9.05. The number of nitrogens with one attached hydrogen (secondary N) is 1. The number of sulfone groups is 1. The molecule has 19 heavy (non-hydrogen) atoms. The van der Waals surface area contributed by atoms with Crippen LogP contribution in [0, 0.1) is 5.92 Å². The minimum Gasteiger partial charge on any atom is -0.313 e. The minimum absolute atomic E-state index is 0.114. The van der Waals surface area contributed by atoms with E-state index in [1.165, 1.54) is 11.3 Å². The third-order valence-corrected chi connectivity index (χ3v) is 7.55. The van der Waals surface area contributed by atoms with Gasteiger partial charge in [-0.25, -0.2) is 8.42 Å². The van der Waals surface area contributed by atoms with Crippen LogP contribution in [0.1, 0.15) is 39.5 Å². The molecular weight excluding hydrogens is 278 g/mol. The fourth-order valence-corrected chi connectivity index (χ4v) is 6.15. The van der Waals surface area contributed by atoms with Gasteiger partial charge in [0.15, 0.2) is 9.84 Å². The molecule has 1 aliphatic carbocycles. The zero-order valence-corrected chi connectivity index (χ0v) is 13.3. The molecule has 0 bridgehead atoms. The van der Waals surface area contributed by atoms with Crippen LogP contribution < -0.4 is 5.32 Å². The van der Waals surface area contributed by atoms with Gasteiger partial charge < -0.3 is 5.32 Å². The smallest absolute Gasteiger partial charge is 0.192 e. The van der Waals surface area contributed by atoms with Gasteiger partial charge in [0.25, 0.3) is 0 Å². The summed E-state index contributed by atoms with van der Waals surface area (Å²) in [7, 11) is -3.18. The predicted molar refractivity (Wildman–Crippen MR) is 80.4 cm³/mol. The highest BCUT2D eigenvalue weighted by Crippen LogP contribution is 2.33. The Morgan fingerprint density at radius 2 is 2.21 bits per heavy atom. The zero-order valence-electron chi connectivity index (χ0n) is 11.6. The molecule has 0 aromatic carbocycles. The lowest BCUT2D eigenvalue weighted by Gasteiger charge is -2.34. The van der Waals surface area contributed by atoms with E-state index in [9.17, 15) is 8.42 Å². The normalized spacial score (nSPS) is 28.4. The van der Waals surface area contributed by atoms with Gasteiger partial charge in [-0.05, 0) is 49.6 Å². The van der Waals surface area contributed by atoms with Crippen molar-refractivity contribution in [3.8, 4) is 0 Å². The third-order valence-electron chi connectivity index (χ3n) is 3.88. The Morgan fingerprint density at radius 3 is 2.84 bits per heavy atom. The molecule has 0 spiro atoms. The molecule has 1 saturated carbocycles. The number of rotatable bonds is 5. The van der Waals surface area contributed by atoms with Gasteiger partial charge in [-0.3, -0.25) is 0 Å². The molecule has 0 amide bonds. The maximum Gasteiger partial charge on any atom is 0.192 e. The van der Waals surface area contributed by atoms with Crippen molar-refractivity contribution in [2.45, 2.75) is 55.0 Å². The Hall–Kier alpha value is -0.390. The molecule has 3 atom stereocenters. The van der Waals surface area contributed by atoms with Crippen LogP contribution in [0.15, 0.2) is 21.7 Å². The lowest BCUT2D eigenvalue weighted by molar-refractivity contribution is 0.308. The maximum absolute atomic E-state index is 12.7. The summed E-state index contributed by atoms with van der Waals surface area (Å²) in [5.41, 5.74) is 0. The molecule has 1 N–H and O–H groups in total. The molecule has 1 heterocycles. The van der Waals surface area contributed by atoms with E-state index in [4.69, 9.17) is 0 Å². The molecule has 5 heteroatoms. The van der Waals surface area contributed by atoms with Crippen LogP contribution >= 0.6 is 11.3 Å². The van der Waals surface area contributed by atoms with Gasteiger partial charge in [-0.1, -0.05) is 19.9 Å². The fraction of sp³-hybridized carbons (Fsp3) is 0.714. The van der Waals surface area contributed by atoms with Crippen molar-refractivity contribution in [3.05, 3.63) is 17.5 Å². The van der Waals surface area contributed by atoms with Gasteiger partial charge >= 0.3 is 0 Å². The van der Waals surface area contributed by atoms with Crippen molar-refractivity contribution < 1.29 is 8.42 Å². The Balaban J connectivity index is 2.22. The highest BCUT2D eigenvalue weighted by molar-refractivity contribution is 7.94. The van der Waals surface area contributed by atoms with E-state index >= 15 is 0 Å². The molecule has 108 valence electrons. The molecule has 2 rings (SSSR count). The topological polar surface area (TPSA) is 46.2 Å². The molecule has 1 fully saturated rings.